The largest absolute Gasteiger partial charge is 1.00 e. The summed E-state index contributed by atoms with van der Waals surface area (Å²) in [5, 5.41) is 0. The number of hydrogen-bond donors (Lipinski definition) is 1. The van der Waals surface area contributed by atoms with Crippen molar-refractivity contribution < 1.29 is 69.1 Å². The van der Waals surface area contributed by atoms with Crippen LogP contribution in [-0.2, 0) is 10.1 Å². The van der Waals surface area contributed by atoms with E-state index in [1.165, 1.54) is 19.1 Å². The van der Waals surface area contributed by atoms with E-state index in [1.807, 2.05) is 0 Å². The second-order valence-electron chi connectivity index (χ2n) is 2.77. The number of nitrogens with two attached hydrogens (primary N) is 1. The van der Waals surface area contributed by atoms with Crippen LogP contribution in [0.2, 0.25) is 0 Å². The van der Waals surface area contributed by atoms with Crippen molar-refractivity contribution in [2.24, 2.45) is 0 Å². The number of nitrogen functional groups attached to an aromatic ring is 1. The summed E-state index contributed by atoms with van der Waals surface area (Å²) in [5.41, 5.74) is 5.43. The van der Waals surface area contributed by atoms with E-state index in [9.17, 15) is 17.8 Å². The molecule has 1 rings (SSSR count). The van der Waals surface area contributed by atoms with Gasteiger partial charge in [0.05, 0.1) is 4.90 Å². The summed E-state index contributed by atoms with van der Waals surface area (Å²) in [6, 6.07) is 3.47. The van der Waals surface area contributed by atoms with Crippen molar-refractivity contribution >= 4 is 21.6 Å². The minimum Gasteiger partial charge on any atom is -0.744 e. The molecule has 0 aromatic heterocycles. The van der Waals surface area contributed by atoms with Crippen LogP contribution in [0.25, 0.3) is 0 Å². The predicted octanol–water partition coefficient (Wildman–Crippen LogP) is -2.62. The molecular weight excluding hydrogens is 245 g/mol. The molecule has 0 aliphatic rings. The fourth-order valence-electron chi connectivity index (χ4n) is 1.04. The van der Waals surface area contributed by atoms with E-state index in [-0.39, 0.29) is 62.6 Å². The van der Waals surface area contributed by atoms with E-state index in [1.54, 1.807) is 0 Å². The monoisotopic (exact) mass is 253 g/mol. The SMILES string of the molecule is CC(=O)c1cc(N)ccc1S(=O)(=O)[O-].[K+]. The topological polar surface area (TPSA) is 100 Å². The number of hydrogen-bond acceptors (Lipinski definition) is 5. The summed E-state index contributed by atoms with van der Waals surface area (Å²) in [6.45, 7) is 1.17. The molecule has 0 bridgehead atoms. The maximum atomic E-state index is 11.0. The average molecular weight is 253 g/mol. The first-order valence-corrected chi connectivity index (χ1v) is 5.09. The zero-order chi connectivity index (χ0) is 10.9. The Labute approximate surface area is 130 Å². The molecule has 0 saturated heterocycles. The van der Waals surface area contributed by atoms with Gasteiger partial charge in [-0.1, -0.05) is 0 Å². The van der Waals surface area contributed by atoms with Gasteiger partial charge in [0, 0.05) is 11.3 Å². The molecular formula is C8H8KNO4S. The molecule has 15 heavy (non-hydrogen) atoms. The van der Waals surface area contributed by atoms with E-state index in [4.69, 9.17) is 5.73 Å². The van der Waals surface area contributed by atoms with E-state index in [0.717, 1.165) is 6.07 Å². The maximum Gasteiger partial charge on any atom is 1.00 e. The average Bonchev–Trinajstić information content (AvgIpc) is 2.01. The van der Waals surface area contributed by atoms with E-state index < -0.39 is 20.8 Å². The molecule has 0 spiro atoms. The minimum atomic E-state index is -4.62. The summed E-state index contributed by atoms with van der Waals surface area (Å²) >= 11 is 0. The van der Waals surface area contributed by atoms with Crippen molar-refractivity contribution in [1.82, 2.24) is 0 Å². The minimum absolute atomic E-state index is 0. The molecule has 2 N–H and O–H groups in total. The molecule has 0 fully saturated rings. The molecule has 5 nitrogen and oxygen atoms in total. The van der Waals surface area contributed by atoms with Gasteiger partial charge in [-0.25, -0.2) is 8.42 Å². The standard InChI is InChI=1S/C8H9NO4S.K/c1-5(10)7-4-6(9)2-3-8(7)14(11,12)13;/h2-4H,9H2,1H3,(H,11,12,13);/q;+1/p-1. The Balaban J connectivity index is 0.00000196. The third-order valence-corrected chi connectivity index (χ3v) is 2.55. The summed E-state index contributed by atoms with van der Waals surface area (Å²) in [7, 11) is -4.62. The van der Waals surface area contributed by atoms with Gasteiger partial charge in [-0.3, -0.25) is 4.79 Å². The molecule has 0 saturated carbocycles. The second kappa shape index (κ2) is 5.53. The number of anilines is 1. The molecule has 0 atom stereocenters. The maximum absolute atomic E-state index is 11.0. The van der Waals surface area contributed by atoms with Crippen molar-refractivity contribution in [3.8, 4) is 0 Å². The Morgan fingerprint density at radius 2 is 1.93 bits per heavy atom. The normalized spacial score (nSPS) is 10.5. The van der Waals surface area contributed by atoms with Gasteiger partial charge >= 0.3 is 51.4 Å². The second-order valence-corrected chi connectivity index (χ2v) is 4.11. The van der Waals surface area contributed by atoms with Crippen molar-refractivity contribution in [2.75, 3.05) is 5.73 Å². The smallest absolute Gasteiger partial charge is 0.744 e. The zero-order valence-corrected chi connectivity index (χ0v) is 12.3. The summed E-state index contributed by atoms with van der Waals surface area (Å²) in [4.78, 5) is 10.5. The third kappa shape index (κ3) is 3.95. The van der Waals surface area contributed by atoms with Crippen LogP contribution >= 0.6 is 0 Å². The molecule has 0 amide bonds. The zero-order valence-electron chi connectivity index (χ0n) is 8.35. The first kappa shape index (κ1) is 15.2. The first-order valence-electron chi connectivity index (χ1n) is 3.68. The van der Waals surface area contributed by atoms with Crippen LogP contribution in [0.1, 0.15) is 17.3 Å². The Morgan fingerprint density at radius 3 is 2.33 bits per heavy atom. The van der Waals surface area contributed by atoms with Crippen LogP contribution < -0.4 is 57.1 Å². The Bertz CT molecular complexity index is 483. The van der Waals surface area contributed by atoms with Crippen LogP contribution in [-0.4, -0.2) is 18.8 Å². The number of ketones is 1. The van der Waals surface area contributed by atoms with Gasteiger partial charge in [-0.15, -0.1) is 0 Å². The van der Waals surface area contributed by atoms with Crippen LogP contribution in [0.15, 0.2) is 23.1 Å². The summed E-state index contributed by atoms with van der Waals surface area (Å²) < 4.78 is 32.2. The molecule has 0 unspecified atom stereocenters. The van der Waals surface area contributed by atoms with Gasteiger partial charge < -0.3 is 10.3 Å². The first-order chi connectivity index (χ1) is 6.32. The van der Waals surface area contributed by atoms with E-state index in [2.05, 4.69) is 0 Å². The van der Waals surface area contributed by atoms with Crippen LogP contribution in [0.5, 0.6) is 0 Å². The molecule has 7 heteroatoms. The molecule has 1 aromatic carbocycles. The Kier molecular flexibility index (Phi) is 5.62. The molecule has 76 valence electrons. The Morgan fingerprint density at radius 1 is 1.40 bits per heavy atom. The molecule has 0 radical (unpaired) electrons. The number of benzene rings is 1. The van der Waals surface area contributed by atoms with Crippen molar-refractivity contribution in [2.45, 2.75) is 11.8 Å². The fraction of sp³-hybridized carbons (Fsp3) is 0.125. The number of carbonyl (C=O) groups excluding carboxylic acids is 1. The van der Waals surface area contributed by atoms with E-state index >= 15 is 0 Å². The van der Waals surface area contributed by atoms with Gasteiger partial charge in [-0.05, 0) is 25.1 Å². The Hall–Kier alpha value is 0.236. The molecule has 0 aliphatic carbocycles. The van der Waals surface area contributed by atoms with Gasteiger partial charge in [0.15, 0.2) is 5.78 Å². The van der Waals surface area contributed by atoms with Crippen LogP contribution in [0, 0.1) is 0 Å². The number of rotatable bonds is 2. The fourth-order valence-corrected chi connectivity index (χ4v) is 1.75. The van der Waals surface area contributed by atoms with Crippen molar-refractivity contribution in [3.05, 3.63) is 23.8 Å². The predicted molar refractivity (Wildman–Crippen MR) is 48.8 cm³/mol. The van der Waals surface area contributed by atoms with Crippen LogP contribution in [0.3, 0.4) is 0 Å². The van der Waals surface area contributed by atoms with Crippen LogP contribution in [0.4, 0.5) is 5.69 Å². The van der Waals surface area contributed by atoms with Gasteiger partial charge in [0.1, 0.15) is 10.1 Å². The number of carbonyl (C=O) groups is 1. The molecule has 0 aliphatic heterocycles. The van der Waals surface area contributed by atoms with Gasteiger partial charge in [0.25, 0.3) is 0 Å². The third-order valence-electron chi connectivity index (χ3n) is 1.65. The summed E-state index contributed by atoms with van der Waals surface area (Å²) in [5.74, 6) is -0.508. The van der Waals surface area contributed by atoms with Gasteiger partial charge in [0.2, 0.25) is 0 Å². The van der Waals surface area contributed by atoms with Gasteiger partial charge in [-0.2, -0.15) is 0 Å². The molecule has 1 aromatic rings. The molecule has 0 heterocycles. The van der Waals surface area contributed by atoms with E-state index in [0.29, 0.717) is 0 Å². The summed E-state index contributed by atoms with van der Waals surface area (Å²) in [6.07, 6.45) is 0. The quantitative estimate of drug-likeness (QED) is 0.269. The number of Topliss-reactive ketones (excluding diaryl/α,β-unsaturated/α-hetero) is 1. The van der Waals surface area contributed by atoms with Crippen molar-refractivity contribution in [3.63, 3.8) is 0 Å². The van der Waals surface area contributed by atoms with Crippen molar-refractivity contribution in [1.29, 1.82) is 0 Å².